The zero-order chi connectivity index (χ0) is 14.4. The highest BCUT2D eigenvalue weighted by Gasteiger charge is 2.15. The molecule has 2 heterocycles. The molecule has 0 saturated carbocycles. The maximum Gasteiger partial charge on any atom is 0.251 e. The van der Waals surface area contributed by atoms with Crippen LogP contribution in [0.5, 0.6) is 0 Å². The number of aromatic nitrogens is 1. The molecule has 110 valence electrons. The van der Waals surface area contributed by atoms with Crippen LogP contribution >= 0.6 is 0 Å². The molecule has 1 atom stereocenters. The Bertz CT molecular complexity index is 434. The molecule has 1 aliphatic heterocycles. The van der Waals surface area contributed by atoms with Crippen molar-refractivity contribution < 1.29 is 9.53 Å². The van der Waals surface area contributed by atoms with Gasteiger partial charge >= 0.3 is 0 Å². The SMILES string of the molecule is CCc1cc(C(=O)NCCC2CCCO2)cc(NC)n1. The van der Waals surface area contributed by atoms with E-state index < -0.39 is 0 Å². The Morgan fingerprint density at radius 1 is 1.50 bits per heavy atom. The highest BCUT2D eigenvalue weighted by atomic mass is 16.5. The van der Waals surface area contributed by atoms with Gasteiger partial charge in [0.2, 0.25) is 0 Å². The molecule has 1 saturated heterocycles. The summed E-state index contributed by atoms with van der Waals surface area (Å²) in [5.74, 6) is 0.685. The summed E-state index contributed by atoms with van der Waals surface area (Å²) < 4.78 is 5.54. The molecular formula is C15H23N3O2. The van der Waals surface area contributed by atoms with Crippen LogP contribution in [-0.4, -0.2) is 37.2 Å². The predicted molar refractivity (Wildman–Crippen MR) is 79.1 cm³/mol. The van der Waals surface area contributed by atoms with E-state index in [4.69, 9.17) is 4.74 Å². The Morgan fingerprint density at radius 2 is 2.35 bits per heavy atom. The lowest BCUT2D eigenvalue weighted by Gasteiger charge is -2.11. The van der Waals surface area contributed by atoms with Gasteiger partial charge in [-0.05, 0) is 37.8 Å². The van der Waals surface area contributed by atoms with Crippen LogP contribution in [0.4, 0.5) is 5.82 Å². The number of nitrogens with zero attached hydrogens (tertiary/aromatic N) is 1. The molecule has 1 aromatic heterocycles. The van der Waals surface area contributed by atoms with Crippen molar-refractivity contribution in [3.8, 4) is 0 Å². The van der Waals surface area contributed by atoms with E-state index in [-0.39, 0.29) is 5.91 Å². The van der Waals surface area contributed by atoms with E-state index >= 15 is 0 Å². The summed E-state index contributed by atoms with van der Waals surface area (Å²) in [6.45, 7) is 3.54. The van der Waals surface area contributed by atoms with Gasteiger partial charge in [-0.2, -0.15) is 0 Å². The second-order valence-electron chi connectivity index (χ2n) is 5.02. The standard InChI is InChI=1S/C15H23N3O2/c1-3-12-9-11(10-14(16-2)18-12)15(19)17-7-6-13-5-4-8-20-13/h9-10,13H,3-8H2,1-2H3,(H,16,18)(H,17,19). The third-order valence-electron chi connectivity index (χ3n) is 3.53. The van der Waals surface area contributed by atoms with Crippen molar-refractivity contribution >= 4 is 11.7 Å². The molecule has 0 aromatic carbocycles. The molecule has 1 aromatic rings. The van der Waals surface area contributed by atoms with Crippen molar-refractivity contribution in [2.75, 3.05) is 25.5 Å². The zero-order valence-electron chi connectivity index (χ0n) is 12.2. The number of rotatable bonds is 6. The number of carbonyl (C=O) groups excluding carboxylic acids is 1. The Morgan fingerprint density at radius 3 is 3.00 bits per heavy atom. The molecule has 0 bridgehead atoms. The predicted octanol–water partition coefficient (Wildman–Crippen LogP) is 1.98. The maximum absolute atomic E-state index is 12.1. The number of amides is 1. The van der Waals surface area contributed by atoms with Crippen molar-refractivity contribution in [3.63, 3.8) is 0 Å². The van der Waals surface area contributed by atoms with Crippen LogP contribution in [0.1, 0.15) is 42.2 Å². The average molecular weight is 277 g/mol. The van der Waals surface area contributed by atoms with Gasteiger partial charge in [0, 0.05) is 31.5 Å². The molecule has 0 spiro atoms. The van der Waals surface area contributed by atoms with E-state index in [1.807, 2.05) is 13.0 Å². The summed E-state index contributed by atoms with van der Waals surface area (Å²) in [5.41, 5.74) is 1.58. The molecule has 1 unspecified atom stereocenters. The highest BCUT2D eigenvalue weighted by molar-refractivity contribution is 5.95. The minimum absolute atomic E-state index is 0.0448. The summed E-state index contributed by atoms with van der Waals surface area (Å²) in [6.07, 6.45) is 4.25. The van der Waals surface area contributed by atoms with Gasteiger partial charge in [0.05, 0.1) is 6.10 Å². The maximum atomic E-state index is 12.1. The number of nitrogens with one attached hydrogen (secondary N) is 2. The van der Waals surface area contributed by atoms with Gasteiger partial charge in [0.15, 0.2) is 0 Å². The van der Waals surface area contributed by atoms with E-state index in [2.05, 4.69) is 15.6 Å². The molecule has 0 radical (unpaired) electrons. The summed E-state index contributed by atoms with van der Waals surface area (Å²) in [6, 6.07) is 3.63. The van der Waals surface area contributed by atoms with Crippen molar-refractivity contribution in [1.29, 1.82) is 0 Å². The lowest BCUT2D eigenvalue weighted by Crippen LogP contribution is -2.27. The van der Waals surface area contributed by atoms with Crippen LogP contribution in [0.25, 0.3) is 0 Å². The number of hydrogen-bond donors (Lipinski definition) is 2. The molecule has 1 fully saturated rings. The Balaban J connectivity index is 1.90. The fourth-order valence-corrected chi connectivity index (χ4v) is 2.35. The second-order valence-corrected chi connectivity index (χ2v) is 5.02. The van der Waals surface area contributed by atoms with E-state index in [9.17, 15) is 4.79 Å². The quantitative estimate of drug-likeness (QED) is 0.834. The summed E-state index contributed by atoms with van der Waals surface area (Å²) >= 11 is 0. The van der Waals surface area contributed by atoms with Crippen LogP contribution in [-0.2, 0) is 11.2 Å². The normalized spacial score (nSPS) is 18.0. The molecule has 1 aliphatic rings. The molecule has 5 heteroatoms. The third-order valence-corrected chi connectivity index (χ3v) is 3.53. The summed E-state index contributed by atoms with van der Waals surface area (Å²) in [5, 5.41) is 5.94. The van der Waals surface area contributed by atoms with Gasteiger partial charge in [0.25, 0.3) is 5.91 Å². The lowest BCUT2D eigenvalue weighted by atomic mass is 10.1. The van der Waals surface area contributed by atoms with E-state index in [1.165, 1.54) is 0 Å². The fraction of sp³-hybridized carbons (Fsp3) is 0.600. The van der Waals surface area contributed by atoms with Crippen molar-refractivity contribution in [3.05, 3.63) is 23.4 Å². The monoisotopic (exact) mass is 277 g/mol. The fourth-order valence-electron chi connectivity index (χ4n) is 2.35. The van der Waals surface area contributed by atoms with Gasteiger partial charge in [-0.1, -0.05) is 6.92 Å². The lowest BCUT2D eigenvalue weighted by molar-refractivity contribution is 0.0907. The Kier molecular flexibility index (Phi) is 5.35. The van der Waals surface area contributed by atoms with Crippen LogP contribution in [0.3, 0.4) is 0 Å². The molecule has 2 N–H and O–H groups in total. The number of hydrogen-bond acceptors (Lipinski definition) is 4. The molecule has 0 aliphatic carbocycles. The van der Waals surface area contributed by atoms with Crippen molar-refractivity contribution in [2.24, 2.45) is 0 Å². The molecule has 1 amide bonds. The average Bonchev–Trinajstić information content (AvgIpc) is 2.99. The number of ether oxygens (including phenoxy) is 1. The number of carbonyl (C=O) groups is 1. The first kappa shape index (κ1) is 14.8. The topological polar surface area (TPSA) is 63.2 Å². The van der Waals surface area contributed by atoms with Gasteiger partial charge in [0.1, 0.15) is 5.82 Å². The smallest absolute Gasteiger partial charge is 0.251 e. The van der Waals surface area contributed by atoms with Crippen LogP contribution in [0.15, 0.2) is 12.1 Å². The highest BCUT2D eigenvalue weighted by Crippen LogP contribution is 2.15. The van der Waals surface area contributed by atoms with Crippen LogP contribution in [0, 0.1) is 0 Å². The molecule has 5 nitrogen and oxygen atoms in total. The Labute approximate surface area is 120 Å². The minimum atomic E-state index is -0.0448. The van der Waals surface area contributed by atoms with Gasteiger partial charge in [-0.25, -0.2) is 4.98 Å². The summed E-state index contributed by atoms with van der Waals surface area (Å²) in [7, 11) is 1.81. The largest absolute Gasteiger partial charge is 0.378 e. The molecule has 2 rings (SSSR count). The minimum Gasteiger partial charge on any atom is -0.378 e. The molecule has 20 heavy (non-hydrogen) atoms. The third kappa shape index (κ3) is 3.93. The molecular weight excluding hydrogens is 254 g/mol. The zero-order valence-corrected chi connectivity index (χ0v) is 12.2. The number of aryl methyl sites for hydroxylation is 1. The van der Waals surface area contributed by atoms with Gasteiger partial charge in [-0.15, -0.1) is 0 Å². The van der Waals surface area contributed by atoms with Gasteiger partial charge < -0.3 is 15.4 Å². The first-order chi connectivity index (χ1) is 9.72. The number of anilines is 1. The van der Waals surface area contributed by atoms with E-state index in [0.717, 1.165) is 43.8 Å². The van der Waals surface area contributed by atoms with Crippen molar-refractivity contribution in [1.82, 2.24) is 10.3 Å². The first-order valence-electron chi connectivity index (χ1n) is 7.31. The van der Waals surface area contributed by atoms with Crippen LogP contribution in [0.2, 0.25) is 0 Å². The van der Waals surface area contributed by atoms with E-state index in [1.54, 1.807) is 13.1 Å². The van der Waals surface area contributed by atoms with Crippen molar-refractivity contribution in [2.45, 2.75) is 38.7 Å². The van der Waals surface area contributed by atoms with Crippen LogP contribution < -0.4 is 10.6 Å². The number of pyridine rings is 1. The summed E-state index contributed by atoms with van der Waals surface area (Å²) in [4.78, 5) is 16.5. The van der Waals surface area contributed by atoms with Gasteiger partial charge in [-0.3, -0.25) is 4.79 Å². The Hall–Kier alpha value is -1.62. The van der Waals surface area contributed by atoms with E-state index in [0.29, 0.717) is 18.2 Å². The first-order valence-corrected chi connectivity index (χ1v) is 7.31. The second kappa shape index (κ2) is 7.24.